The zero-order valence-corrected chi connectivity index (χ0v) is 28.5. The summed E-state index contributed by atoms with van der Waals surface area (Å²) in [5, 5.41) is 5.81. The van der Waals surface area contributed by atoms with Crippen LogP contribution in [0.2, 0.25) is 5.02 Å². The maximum atomic E-state index is 16.9. The number of hydrogen-bond acceptors (Lipinski definition) is 12. The second-order valence-corrected chi connectivity index (χ2v) is 13.7. The molecule has 50 heavy (non-hydrogen) atoms. The highest BCUT2D eigenvalue weighted by molar-refractivity contribution is 6.36. The molecule has 0 saturated carbocycles. The van der Waals surface area contributed by atoms with Crippen molar-refractivity contribution >= 4 is 56.9 Å². The van der Waals surface area contributed by atoms with E-state index >= 15 is 4.39 Å². The topological polar surface area (TPSA) is 153 Å². The van der Waals surface area contributed by atoms with E-state index in [9.17, 15) is 4.79 Å². The Kier molecular flexibility index (Phi) is 8.22. The number of carbonyl (C=O) groups excluding carboxylic acids is 1. The second-order valence-electron chi connectivity index (χ2n) is 13.3. The van der Waals surface area contributed by atoms with Crippen molar-refractivity contribution in [1.82, 2.24) is 39.9 Å². The molecule has 0 radical (unpaired) electrons. The number of nitrogen functional groups attached to an aromatic ring is 1. The van der Waals surface area contributed by atoms with Gasteiger partial charge in [-0.25, -0.2) is 9.37 Å². The number of ether oxygens (including phenoxy) is 1. The molecule has 7 heterocycles. The lowest BCUT2D eigenvalue weighted by atomic mass is 9.95. The molecule has 2 N–H and O–H groups in total. The number of pyridine rings is 2. The molecule has 3 aliphatic heterocycles. The van der Waals surface area contributed by atoms with Crippen LogP contribution >= 0.6 is 11.6 Å². The molecule has 13 nitrogen and oxygen atoms in total. The first-order valence-corrected chi connectivity index (χ1v) is 17.2. The molecule has 3 fully saturated rings. The number of nitrogens with zero attached hydrogens (tertiary/aromatic N) is 9. The Morgan fingerprint density at radius 1 is 1.18 bits per heavy atom. The molecule has 8 rings (SSSR count). The van der Waals surface area contributed by atoms with E-state index in [1.54, 1.807) is 36.2 Å². The molecule has 0 aliphatic carbocycles. The van der Waals surface area contributed by atoms with Crippen LogP contribution in [0.3, 0.4) is 0 Å². The van der Waals surface area contributed by atoms with Gasteiger partial charge in [0.05, 0.1) is 15.9 Å². The molecule has 4 aromatic heterocycles. The number of halogens is 2. The predicted octanol–water partition coefficient (Wildman–Crippen LogP) is 5.06. The summed E-state index contributed by atoms with van der Waals surface area (Å²) in [4.78, 5) is 41.9. The molecule has 15 heteroatoms. The lowest BCUT2D eigenvalue weighted by Crippen LogP contribution is -2.43. The van der Waals surface area contributed by atoms with Crippen molar-refractivity contribution in [3.8, 4) is 17.4 Å². The quantitative estimate of drug-likeness (QED) is 0.216. The summed E-state index contributed by atoms with van der Waals surface area (Å²) in [5.74, 6) is 0.553. The van der Waals surface area contributed by atoms with E-state index in [0.29, 0.717) is 58.9 Å². The van der Waals surface area contributed by atoms with Crippen LogP contribution in [-0.4, -0.2) is 97.2 Å². The third-order valence-corrected chi connectivity index (χ3v) is 10.6. The highest BCUT2D eigenvalue weighted by Gasteiger charge is 2.45. The maximum absolute atomic E-state index is 16.9. The van der Waals surface area contributed by atoms with Gasteiger partial charge in [0.1, 0.15) is 35.1 Å². The highest BCUT2D eigenvalue weighted by Crippen LogP contribution is 2.40. The number of hydrogen-bond donors (Lipinski definition) is 1. The average Bonchev–Trinajstić information content (AvgIpc) is 3.91. The van der Waals surface area contributed by atoms with Crippen molar-refractivity contribution in [2.45, 2.75) is 50.6 Å². The predicted molar refractivity (Wildman–Crippen MR) is 187 cm³/mol. The van der Waals surface area contributed by atoms with Crippen LogP contribution < -0.4 is 15.4 Å². The van der Waals surface area contributed by atoms with Crippen LogP contribution in [-0.2, 0) is 4.79 Å². The van der Waals surface area contributed by atoms with Gasteiger partial charge < -0.3 is 24.8 Å². The Bertz CT molecular complexity index is 2150. The molecule has 3 aliphatic rings. The molecule has 3 saturated heterocycles. The van der Waals surface area contributed by atoms with Crippen molar-refractivity contribution in [3.05, 3.63) is 59.1 Å². The number of rotatable bonds is 8. The van der Waals surface area contributed by atoms with Crippen molar-refractivity contribution in [3.63, 3.8) is 0 Å². The van der Waals surface area contributed by atoms with Crippen LogP contribution in [0.25, 0.3) is 39.1 Å². The Hall–Kier alpha value is -4.95. The number of amides is 1. The molecule has 1 unspecified atom stereocenters. The van der Waals surface area contributed by atoms with Gasteiger partial charge in [-0.15, -0.1) is 0 Å². The molecule has 0 spiro atoms. The SMILES string of the molecule is Cc1noc(/C=C/C(=O)N2CCC(N(C)c3nc(OCC45CCCN4CCC5)nc4c(F)c(-c5nc(N)cc6cccc(Cl)c56)ncc34)C2)n1. The van der Waals surface area contributed by atoms with Gasteiger partial charge in [-0.3, -0.25) is 14.7 Å². The zero-order valence-electron chi connectivity index (χ0n) is 27.8. The average molecular weight is 699 g/mol. The normalized spacial score (nSPS) is 18.9. The number of aromatic nitrogens is 6. The minimum atomic E-state index is -0.685. The van der Waals surface area contributed by atoms with Gasteiger partial charge in [-0.2, -0.15) is 15.0 Å². The van der Waals surface area contributed by atoms with Gasteiger partial charge >= 0.3 is 6.01 Å². The molecule has 0 bridgehead atoms. The summed E-state index contributed by atoms with van der Waals surface area (Å²) < 4.78 is 28.3. The van der Waals surface area contributed by atoms with E-state index in [-0.39, 0.29) is 52.1 Å². The van der Waals surface area contributed by atoms with Crippen molar-refractivity contribution in [1.29, 1.82) is 0 Å². The van der Waals surface area contributed by atoms with E-state index in [0.717, 1.165) is 38.8 Å². The summed E-state index contributed by atoms with van der Waals surface area (Å²) in [6.07, 6.45) is 9.47. The minimum absolute atomic E-state index is 0.0293. The summed E-state index contributed by atoms with van der Waals surface area (Å²) in [6.45, 7) is 5.16. The van der Waals surface area contributed by atoms with E-state index in [2.05, 4.69) is 30.0 Å². The van der Waals surface area contributed by atoms with Gasteiger partial charge in [0.25, 0.3) is 5.89 Å². The summed E-state index contributed by atoms with van der Waals surface area (Å²) in [7, 11) is 1.88. The van der Waals surface area contributed by atoms with Gasteiger partial charge in [-0.05, 0) is 69.6 Å². The number of aryl methyl sites for hydroxylation is 1. The fourth-order valence-electron chi connectivity index (χ4n) is 7.70. The van der Waals surface area contributed by atoms with Gasteiger partial charge in [0.15, 0.2) is 11.6 Å². The number of anilines is 2. The molecular weight excluding hydrogens is 663 g/mol. The fraction of sp³-hybridized carbons (Fsp3) is 0.400. The Labute approximate surface area is 292 Å². The third-order valence-electron chi connectivity index (χ3n) is 10.2. The first-order valence-electron chi connectivity index (χ1n) is 16.8. The zero-order chi connectivity index (χ0) is 34.6. The van der Waals surface area contributed by atoms with Crippen molar-refractivity contribution in [2.24, 2.45) is 0 Å². The van der Waals surface area contributed by atoms with Crippen molar-refractivity contribution < 1.29 is 18.4 Å². The van der Waals surface area contributed by atoms with E-state index in [1.165, 1.54) is 12.2 Å². The Balaban J connectivity index is 1.16. The highest BCUT2D eigenvalue weighted by atomic mass is 35.5. The van der Waals surface area contributed by atoms with Crippen LogP contribution in [0.1, 0.15) is 43.8 Å². The molecule has 258 valence electrons. The molecule has 1 aromatic carbocycles. The smallest absolute Gasteiger partial charge is 0.319 e. The summed E-state index contributed by atoms with van der Waals surface area (Å²) >= 11 is 6.60. The number of nitrogens with two attached hydrogens (primary N) is 1. The van der Waals surface area contributed by atoms with Crippen LogP contribution in [0, 0.1) is 12.7 Å². The monoisotopic (exact) mass is 698 g/mol. The van der Waals surface area contributed by atoms with Crippen LogP contribution in [0.4, 0.5) is 16.0 Å². The standard InChI is InChI=1S/C35H36ClFN10O3/c1-20-40-26(50-44-20)8-9-27(48)46-15-10-22(18-46)45(2)33-23-17-39-32(31-28-21(16-25(38)41-31)6-3-7-24(28)36)29(37)30(23)42-34(43-33)49-19-35-11-4-13-47(35)14-5-12-35/h3,6-9,16-17,22H,4-5,10-15,18-19H2,1-2H3,(H2,38,41)/b9-8+. The lowest BCUT2D eigenvalue weighted by Gasteiger charge is -2.31. The van der Waals surface area contributed by atoms with Gasteiger partial charge in [0, 0.05) is 49.9 Å². The number of benzene rings is 1. The maximum Gasteiger partial charge on any atom is 0.319 e. The minimum Gasteiger partial charge on any atom is -0.461 e. The number of likely N-dealkylation sites (tertiary alicyclic amines) is 1. The largest absolute Gasteiger partial charge is 0.461 e. The summed E-state index contributed by atoms with van der Waals surface area (Å²) in [6, 6.07) is 7.01. The summed E-state index contributed by atoms with van der Waals surface area (Å²) in [5.41, 5.74) is 6.33. The van der Waals surface area contributed by atoms with Crippen LogP contribution in [0.15, 0.2) is 41.1 Å². The molecule has 1 amide bonds. The second kappa shape index (κ2) is 12.7. The fourth-order valence-corrected chi connectivity index (χ4v) is 7.97. The van der Waals surface area contributed by atoms with Crippen molar-refractivity contribution in [2.75, 3.05) is 50.5 Å². The third kappa shape index (κ3) is 5.75. The number of carbonyl (C=O) groups is 1. The number of likely N-dealkylation sites (N-methyl/N-ethyl adjacent to an activating group) is 1. The molecular formula is C35H36ClFN10O3. The number of fused-ring (bicyclic) bond motifs is 3. The lowest BCUT2D eigenvalue weighted by molar-refractivity contribution is -0.124. The Morgan fingerprint density at radius 2 is 2.00 bits per heavy atom. The van der Waals surface area contributed by atoms with Gasteiger partial charge in [0.2, 0.25) is 5.91 Å². The van der Waals surface area contributed by atoms with Crippen LogP contribution in [0.5, 0.6) is 6.01 Å². The van der Waals surface area contributed by atoms with E-state index in [1.807, 2.05) is 18.0 Å². The van der Waals surface area contributed by atoms with Gasteiger partial charge in [-0.1, -0.05) is 28.9 Å². The van der Waals surface area contributed by atoms with E-state index in [4.69, 9.17) is 31.6 Å². The molecule has 1 atom stereocenters. The van der Waals surface area contributed by atoms with E-state index < -0.39 is 5.82 Å². The first-order chi connectivity index (χ1) is 24.2. The Morgan fingerprint density at radius 3 is 2.78 bits per heavy atom. The first kappa shape index (κ1) is 32.3. The molecule has 5 aromatic rings.